The van der Waals surface area contributed by atoms with Gasteiger partial charge in [0.25, 0.3) is 0 Å². The molecule has 0 amide bonds. The highest BCUT2D eigenvalue weighted by Gasteiger charge is 2.67. The first-order valence-electron chi connectivity index (χ1n) is 9.69. The summed E-state index contributed by atoms with van der Waals surface area (Å²) in [6.07, 6.45) is 15.0. The van der Waals surface area contributed by atoms with Crippen molar-refractivity contribution in [1.29, 1.82) is 0 Å². The molecule has 0 aromatic carbocycles. The van der Waals surface area contributed by atoms with E-state index in [1.807, 2.05) is 6.08 Å². The van der Waals surface area contributed by atoms with E-state index in [-0.39, 0.29) is 0 Å². The molecule has 5 aliphatic carbocycles. The molecular formula is C21H30O2. The van der Waals surface area contributed by atoms with Crippen molar-refractivity contribution in [3.05, 3.63) is 11.6 Å². The molecule has 4 saturated carbocycles. The zero-order chi connectivity index (χ0) is 16.2. The normalized spacial score (nSPS) is 49.5. The highest BCUT2D eigenvalue weighted by Crippen LogP contribution is 2.76. The molecule has 6 atom stereocenters. The summed E-state index contributed by atoms with van der Waals surface area (Å²) in [5.74, 6) is 4.46. The van der Waals surface area contributed by atoms with Gasteiger partial charge in [-0.25, -0.2) is 0 Å². The van der Waals surface area contributed by atoms with Gasteiger partial charge in [0.05, 0.1) is 0 Å². The third-order valence-corrected chi connectivity index (χ3v) is 8.32. The molecule has 23 heavy (non-hydrogen) atoms. The molecule has 2 unspecified atom stereocenters. The van der Waals surface area contributed by atoms with Gasteiger partial charge in [-0.2, -0.15) is 0 Å². The maximum absolute atomic E-state index is 11.8. The predicted molar refractivity (Wildman–Crippen MR) is 90.9 cm³/mol. The van der Waals surface area contributed by atoms with Gasteiger partial charge < -0.3 is 4.79 Å². The van der Waals surface area contributed by atoms with E-state index in [1.165, 1.54) is 51.0 Å². The quantitative estimate of drug-likeness (QED) is 0.606. The van der Waals surface area contributed by atoms with Crippen LogP contribution >= 0.6 is 0 Å². The summed E-state index contributed by atoms with van der Waals surface area (Å²) in [5, 5.41) is 0. The Morgan fingerprint density at radius 3 is 2.61 bits per heavy atom. The van der Waals surface area contributed by atoms with Crippen LogP contribution in [-0.4, -0.2) is 12.1 Å². The largest absolute Gasteiger partial charge is 0.304 e. The van der Waals surface area contributed by atoms with Gasteiger partial charge in [0.1, 0.15) is 6.29 Å². The Kier molecular flexibility index (Phi) is 3.59. The summed E-state index contributed by atoms with van der Waals surface area (Å²) in [4.78, 5) is 20.6. The highest BCUT2D eigenvalue weighted by atomic mass is 16.1. The lowest BCUT2D eigenvalue weighted by molar-refractivity contribution is -0.117. The first-order valence-corrected chi connectivity index (χ1v) is 9.69. The summed E-state index contributed by atoms with van der Waals surface area (Å²) in [5.41, 5.74) is 2.73. The van der Waals surface area contributed by atoms with Gasteiger partial charge in [-0.05, 0) is 98.9 Å². The number of hydrogen-bond donors (Lipinski definition) is 0. The number of fused-ring (bicyclic) bond motifs is 4. The van der Waals surface area contributed by atoms with Gasteiger partial charge in [0, 0.05) is 6.42 Å². The number of aldehydes is 1. The molecule has 2 heteroatoms. The van der Waals surface area contributed by atoms with Crippen molar-refractivity contribution >= 4 is 12.1 Å². The van der Waals surface area contributed by atoms with Crippen molar-refractivity contribution in [3.8, 4) is 0 Å². The fraction of sp³-hybridized carbons (Fsp3) is 0.810. The van der Waals surface area contributed by atoms with E-state index in [9.17, 15) is 4.79 Å². The third kappa shape index (κ3) is 2.13. The van der Waals surface area contributed by atoms with Crippen molar-refractivity contribution in [1.82, 2.24) is 0 Å². The van der Waals surface area contributed by atoms with Crippen LogP contribution in [-0.2, 0) is 9.59 Å². The fourth-order valence-corrected chi connectivity index (χ4v) is 7.23. The SMILES string of the molecule is CC=O.C[C@]12CCC(=O)C=C1CC[C@H]1C3CC[C@@H]4C[C@]34CCC12. The van der Waals surface area contributed by atoms with Gasteiger partial charge in [-0.15, -0.1) is 0 Å². The van der Waals surface area contributed by atoms with Crippen LogP contribution in [0, 0.1) is 34.5 Å². The molecule has 0 aromatic rings. The molecule has 5 aliphatic rings. The Balaban J connectivity index is 0.000000421. The average Bonchev–Trinajstić information content (AvgIpc) is 3.10. The van der Waals surface area contributed by atoms with E-state index >= 15 is 0 Å². The van der Waals surface area contributed by atoms with Crippen LogP contribution in [0.25, 0.3) is 0 Å². The maximum atomic E-state index is 11.8. The van der Waals surface area contributed by atoms with E-state index in [2.05, 4.69) is 6.92 Å². The van der Waals surface area contributed by atoms with E-state index in [4.69, 9.17) is 4.79 Å². The molecule has 5 rings (SSSR count). The number of rotatable bonds is 0. The topological polar surface area (TPSA) is 34.1 Å². The third-order valence-electron chi connectivity index (χ3n) is 8.32. The van der Waals surface area contributed by atoms with Gasteiger partial charge >= 0.3 is 0 Å². The fourth-order valence-electron chi connectivity index (χ4n) is 7.23. The van der Waals surface area contributed by atoms with Crippen LogP contribution < -0.4 is 0 Å². The molecule has 0 N–H and O–H groups in total. The lowest BCUT2D eigenvalue weighted by Crippen LogP contribution is -2.47. The standard InChI is InChI=1S/C19H26O.C2H4O/c1-18-8-6-14(20)10-12(18)2-4-15-16(18)7-9-19-11-13(19)3-5-17(15)19;1-2-3/h10,13,15-17H,2-9,11H2,1H3;2H,1H3/t13-,15-,16?,17?,18+,19+;/m1./s1. The van der Waals surface area contributed by atoms with Crippen LogP contribution in [0.15, 0.2) is 11.6 Å². The van der Waals surface area contributed by atoms with Crippen molar-refractivity contribution in [2.24, 2.45) is 34.5 Å². The Bertz CT molecular complexity index is 562. The molecule has 0 bridgehead atoms. The molecule has 4 fully saturated rings. The summed E-state index contributed by atoms with van der Waals surface area (Å²) in [7, 11) is 0. The Morgan fingerprint density at radius 2 is 1.87 bits per heavy atom. The van der Waals surface area contributed by atoms with E-state index < -0.39 is 0 Å². The smallest absolute Gasteiger partial charge is 0.155 e. The average molecular weight is 314 g/mol. The second-order valence-electron chi connectivity index (χ2n) is 8.95. The van der Waals surface area contributed by atoms with Gasteiger partial charge in [-0.3, -0.25) is 4.79 Å². The summed E-state index contributed by atoms with van der Waals surface area (Å²) in [6, 6.07) is 0. The van der Waals surface area contributed by atoms with E-state index in [1.54, 1.807) is 6.42 Å². The number of ketones is 1. The number of allylic oxidation sites excluding steroid dienone is 1. The van der Waals surface area contributed by atoms with Crippen LogP contribution in [0.3, 0.4) is 0 Å². The van der Waals surface area contributed by atoms with Crippen LogP contribution in [0.4, 0.5) is 0 Å². The minimum atomic E-state index is 0.380. The molecule has 0 aromatic heterocycles. The predicted octanol–water partition coefficient (Wildman–Crippen LogP) is 4.72. The Hall–Kier alpha value is -0.920. The Labute approximate surface area is 140 Å². The second kappa shape index (κ2) is 5.29. The lowest BCUT2D eigenvalue weighted by atomic mass is 9.49. The molecule has 0 saturated heterocycles. The zero-order valence-corrected chi connectivity index (χ0v) is 14.6. The van der Waals surface area contributed by atoms with Crippen LogP contribution in [0.1, 0.15) is 71.6 Å². The van der Waals surface area contributed by atoms with Crippen LogP contribution in [0.2, 0.25) is 0 Å². The van der Waals surface area contributed by atoms with Crippen molar-refractivity contribution in [2.45, 2.75) is 71.6 Å². The number of carbonyl (C=O) groups is 2. The molecule has 0 aliphatic heterocycles. The number of carbonyl (C=O) groups excluding carboxylic acids is 2. The molecule has 0 heterocycles. The van der Waals surface area contributed by atoms with Crippen molar-refractivity contribution in [2.75, 3.05) is 0 Å². The van der Waals surface area contributed by atoms with Crippen molar-refractivity contribution < 1.29 is 9.59 Å². The molecule has 126 valence electrons. The lowest BCUT2D eigenvalue weighted by Gasteiger charge is -2.55. The van der Waals surface area contributed by atoms with Gasteiger partial charge in [-0.1, -0.05) is 12.5 Å². The maximum Gasteiger partial charge on any atom is 0.155 e. The van der Waals surface area contributed by atoms with Crippen molar-refractivity contribution in [3.63, 3.8) is 0 Å². The zero-order valence-electron chi connectivity index (χ0n) is 14.6. The molecular weight excluding hydrogens is 284 g/mol. The first kappa shape index (κ1) is 15.6. The Morgan fingerprint density at radius 1 is 1.09 bits per heavy atom. The van der Waals surface area contributed by atoms with Crippen LogP contribution in [0.5, 0.6) is 0 Å². The summed E-state index contributed by atoms with van der Waals surface area (Å²) in [6.45, 7) is 3.94. The molecule has 1 spiro atoms. The minimum Gasteiger partial charge on any atom is -0.304 e. The summed E-state index contributed by atoms with van der Waals surface area (Å²) >= 11 is 0. The molecule has 2 nitrogen and oxygen atoms in total. The van der Waals surface area contributed by atoms with Gasteiger partial charge in [0.15, 0.2) is 5.78 Å². The highest BCUT2D eigenvalue weighted by molar-refractivity contribution is 5.91. The first-order chi connectivity index (χ1) is 11.0. The number of hydrogen-bond acceptors (Lipinski definition) is 2. The second-order valence-corrected chi connectivity index (χ2v) is 8.95. The van der Waals surface area contributed by atoms with E-state index in [0.29, 0.717) is 11.2 Å². The minimum absolute atomic E-state index is 0.380. The summed E-state index contributed by atoms with van der Waals surface area (Å²) < 4.78 is 0. The van der Waals surface area contributed by atoms with Gasteiger partial charge in [0.2, 0.25) is 0 Å². The monoisotopic (exact) mass is 314 g/mol. The van der Waals surface area contributed by atoms with E-state index in [0.717, 1.165) is 48.2 Å². The molecule has 0 radical (unpaired) electrons.